The molecule has 6 heteroatoms. The lowest BCUT2D eigenvalue weighted by Crippen LogP contribution is -2.15. The van der Waals surface area contributed by atoms with E-state index < -0.39 is 5.69 Å². The molecule has 17 heavy (non-hydrogen) atoms. The number of benzene rings is 1. The molecule has 0 saturated heterocycles. The zero-order valence-electron chi connectivity index (χ0n) is 9.30. The first-order valence-corrected chi connectivity index (χ1v) is 5.16. The minimum absolute atomic E-state index is 0.0439. The van der Waals surface area contributed by atoms with E-state index in [2.05, 4.69) is 15.0 Å². The fraction of sp³-hybridized carbons (Fsp3) is 0.182. The number of nitrogens with zero attached hydrogens (tertiary/aromatic N) is 2. The number of hydrogen-bond acceptors (Lipinski definition) is 5. The molecule has 2 aromatic rings. The van der Waals surface area contributed by atoms with Gasteiger partial charge >= 0.3 is 5.69 Å². The number of aromatic amines is 1. The van der Waals surface area contributed by atoms with E-state index in [0.29, 0.717) is 12.4 Å². The fourth-order valence-electron chi connectivity index (χ4n) is 1.41. The Hall–Kier alpha value is -2.37. The highest BCUT2D eigenvalue weighted by molar-refractivity contribution is 5.56. The Morgan fingerprint density at radius 1 is 1.29 bits per heavy atom. The molecular formula is C11H12N4O2. The number of nitrogen functional groups attached to an aromatic ring is 1. The third-order valence-electron chi connectivity index (χ3n) is 2.11. The van der Waals surface area contributed by atoms with Gasteiger partial charge in [-0.05, 0) is 31.2 Å². The van der Waals surface area contributed by atoms with Crippen LogP contribution >= 0.6 is 0 Å². The van der Waals surface area contributed by atoms with Gasteiger partial charge in [-0.2, -0.15) is 9.97 Å². The molecule has 1 aromatic heterocycles. The number of nitrogens with two attached hydrogens (primary N) is 1. The number of rotatable bonds is 3. The van der Waals surface area contributed by atoms with Crippen molar-refractivity contribution < 1.29 is 4.74 Å². The quantitative estimate of drug-likeness (QED) is 0.816. The van der Waals surface area contributed by atoms with Gasteiger partial charge in [0, 0.05) is 5.56 Å². The maximum Gasteiger partial charge on any atom is 0.349 e. The monoisotopic (exact) mass is 232 g/mol. The largest absolute Gasteiger partial charge is 0.494 e. The van der Waals surface area contributed by atoms with Gasteiger partial charge in [-0.15, -0.1) is 0 Å². The summed E-state index contributed by atoms with van der Waals surface area (Å²) in [6.07, 6.45) is 0. The van der Waals surface area contributed by atoms with E-state index in [0.717, 1.165) is 11.3 Å². The molecule has 0 aliphatic heterocycles. The van der Waals surface area contributed by atoms with Crippen LogP contribution in [-0.4, -0.2) is 21.6 Å². The second kappa shape index (κ2) is 4.65. The maximum atomic E-state index is 11.1. The van der Waals surface area contributed by atoms with E-state index in [1.54, 1.807) is 24.3 Å². The molecule has 0 aliphatic carbocycles. The van der Waals surface area contributed by atoms with Crippen molar-refractivity contribution in [2.24, 2.45) is 0 Å². The molecule has 1 heterocycles. The molecule has 0 unspecified atom stereocenters. The van der Waals surface area contributed by atoms with Crippen LogP contribution in [0.4, 0.5) is 5.95 Å². The summed E-state index contributed by atoms with van der Waals surface area (Å²) in [6, 6.07) is 7.19. The van der Waals surface area contributed by atoms with Gasteiger partial charge < -0.3 is 10.5 Å². The lowest BCUT2D eigenvalue weighted by Gasteiger charge is -2.04. The van der Waals surface area contributed by atoms with E-state index in [-0.39, 0.29) is 5.95 Å². The van der Waals surface area contributed by atoms with Crippen LogP contribution in [0.5, 0.6) is 5.75 Å². The van der Waals surface area contributed by atoms with Crippen LogP contribution in [0.15, 0.2) is 29.1 Å². The van der Waals surface area contributed by atoms with Crippen LogP contribution in [0.2, 0.25) is 0 Å². The first kappa shape index (κ1) is 11.1. The zero-order valence-corrected chi connectivity index (χ0v) is 9.30. The summed E-state index contributed by atoms with van der Waals surface area (Å²) < 4.78 is 5.31. The third-order valence-corrected chi connectivity index (χ3v) is 2.11. The normalized spacial score (nSPS) is 10.2. The van der Waals surface area contributed by atoms with Gasteiger partial charge in [0.2, 0.25) is 5.95 Å². The Morgan fingerprint density at radius 2 is 2.00 bits per heavy atom. The van der Waals surface area contributed by atoms with Gasteiger partial charge in [-0.25, -0.2) is 4.79 Å². The molecular weight excluding hydrogens is 220 g/mol. The SMILES string of the molecule is CCOc1ccc(-c2nc(N)nc(=O)[nH]2)cc1. The van der Waals surface area contributed by atoms with Crippen LogP contribution in [-0.2, 0) is 0 Å². The van der Waals surface area contributed by atoms with E-state index in [9.17, 15) is 4.79 Å². The van der Waals surface area contributed by atoms with Crippen LogP contribution in [0.25, 0.3) is 11.4 Å². The molecule has 0 fully saturated rings. The average molecular weight is 232 g/mol. The minimum atomic E-state index is -0.513. The number of H-pyrrole nitrogens is 1. The molecule has 0 bridgehead atoms. The predicted molar refractivity (Wildman–Crippen MR) is 63.7 cm³/mol. The number of anilines is 1. The van der Waals surface area contributed by atoms with E-state index in [1.807, 2.05) is 6.92 Å². The highest BCUT2D eigenvalue weighted by atomic mass is 16.5. The Morgan fingerprint density at radius 3 is 2.59 bits per heavy atom. The molecule has 2 rings (SSSR count). The van der Waals surface area contributed by atoms with Gasteiger partial charge in [-0.1, -0.05) is 0 Å². The molecule has 0 radical (unpaired) electrons. The molecule has 3 N–H and O–H groups in total. The first-order valence-electron chi connectivity index (χ1n) is 5.16. The molecule has 88 valence electrons. The Bertz CT molecular complexity index is 562. The van der Waals surface area contributed by atoms with Crippen LogP contribution in [0.3, 0.4) is 0 Å². The van der Waals surface area contributed by atoms with Gasteiger partial charge in [0.25, 0.3) is 0 Å². The number of nitrogens with one attached hydrogen (secondary N) is 1. The Balaban J connectivity index is 2.36. The van der Waals surface area contributed by atoms with E-state index >= 15 is 0 Å². The van der Waals surface area contributed by atoms with Crippen molar-refractivity contribution in [3.8, 4) is 17.1 Å². The van der Waals surface area contributed by atoms with Gasteiger partial charge in [0.1, 0.15) is 11.6 Å². The molecule has 1 aromatic carbocycles. The molecule has 0 spiro atoms. The topological polar surface area (TPSA) is 93.9 Å². The van der Waals surface area contributed by atoms with Gasteiger partial charge in [0.05, 0.1) is 6.61 Å². The summed E-state index contributed by atoms with van der Waals surface area (Å²) in [5, 5.41) is 0. The summed E-state index contributed by atoms with van der Waals surface area (Å²) in [5.41, 5.74) is 5.64. The Kier molecular flexibility index (Phi) is 3.04. The Labute approximate surface area is 97.5 Å². The van der Waals surface area contributed by atoms with Crippen LogP contribution in [0.1, 0.15) is 6.92 Å². The summed E-state index contributed by atoms with van der Waals surface area (Å²) in [4.78, 5) is 21.0. The lowest BCUT2D eigenvalue weighted by molar-refractivity contribution is 0.340. The predicted octanol–water partition coefficient (Wildman–Crippen LogP) is 0.813. The standard InChI is InChI=1S/C11H12N4O2/c1-2-17-8-5-3-7(4-6-8)9-13-10(12)15-11(16)14-9/h3-6H,2H2,1H3,(H3,12,13,14,15,16). The van der Waals surface area contributed by atoms with Crippen molar-refractivity contribution >= 4 is 5.95 Å². The highest BCUT2D eigenvalue weighted by Crippen LogP contribution is 2.18. The van der Waals surface area contributed by atoms with Crippen molar-refractivity contribution in [3.63, 3.8) is 0 Å². The number of aromatic nitrogens is 3. The summed E-state index contributed by atoms with van der Waals surface area (Å²) in [7, 11) is 0. The average Bonchev–Trinajstić information content (AvgIpc) is 2.29. The highest BCUT2D eigenvalue weighted by Gasteiger charge is 2.03. The molecule has 0 aliphatic rings. The van der Waals surface area contributed by atoms with Crippen molar-refractivity contribution in [3.05, 3.63) is 34.7 Å². The number of hydrogen-bond donors (Lipinski definition) is 2. The smallest absolute Gasteiger partial charge is 0.349 e. The molecule has 0 saturated carbocycles. The third kappa shape index (κ3) is 2.60. The van der Waals surface area contributed by atoms with Crippen LogP contribution < -0.4 is 16.2 Å². The molecule has 6 nitrogen and oxygen atoms in total. The maximum absolute atomic E-state index is 11.1. The minimum Gasteiger partial charge on any atom is -0.494 e. The second-order valence-corrected chi connectivity index (χ2v) is 3.32. The summed E-state index contributed by atoms with van der Waals surface area (Å²) >= 11 is 0. The second-order valence-electron chi connectivity index (χ2n) is 3.32. The van der Waals surface area contributed by atoms with Crippen molar-refractivity contribution in [2.45, 2.75) is 6.92 Å². The van der Waals surface area contributed by atoms with Crippen LogP contribution in [0, 0.1) is 0 Å². The zero-order chi connectivity index (χ0) is 12.3. The first-order chi connectivity index (χ1) is 8.19. The van der Waals surface area contributed by atoms with E-state index in [1.165, 1.54) is 0 Å². The summed E-state index contributed by atoms with van der Waals surface area (Å²) in [6.45, 7) is 2.52. The van der Waals surface area contributed by atoms with Gasteiger partial charge in [0.15, 0.2) is 0 Å². The molecule has 0 atom stereocenters. The summed E-state index contributed by atoms with van der Waals surface area (Å²) in [5.74, 6) is 1.11. The van der Waals surface area contributed by atoms with Crippen molar-refractivity contribution in [1.82, 2.24) is 15.0 Å². The van der Waals surface area contributed by atoms with Crippen molar-refractivity contribution in [2.75, 3.05) is 12.3 Å². The number of ether oxygens (including phenoxy) is 1. The van der Waals surface area contributed by atoms with Crippen molar-refractivity contribution in [1.29, 1.82) is 0 Å². The lowest BCUT2D eigenvalue weighted by atomic mass is 10.2. The fourth-order valence-corrected chi connectivity index (χ4v) is 1.41. The van der Waals surface area contributed by atoms with E-state index in [4.69, 9.17) is 10.5 Å². The van der Waals surface area contributed by atoms with Gasteiger partial charge in [-0.3, -0.25) is 4.98 Å². The molecule has 0 amide bonds.